The van der Waals surface area contributed by atoms with Crippen LogP contribution in [0.5, 0.6) is 0 Å². The van der Waals surface area contributed by atoms with Crippen LogP contribution in [-0.4, -0.2) is 91.3 Å². The number of ether oxygens (including phenoxy) is 3. The van der Waals surface area contributed by atoms with Crippen molar-refractivity contribution in [2.24, 2.45) is 5.92 Å². The minimum atomic E-state index is -1.07. The molecule has 2 heterocycles. The molecule has 1 aliphatic heterocycles. The number of aryl methyl sites for hydroxylation is 1. The molecule has 1 aromatic heterocycles. The van der Waals surface area contributed by atoms with Crippen LogP contribution >= 0.6 is 11.6 Å². The lowest BCUT2D eigenvalue weighted by atomic mass is 9.80. The number of benzene rings is 1. The van der Waals surface area contributed by atoms with Crippen LogP contribution in [0.25, 0.3) is 0 Å². The number of likely N-dealkylation sites (N-methyl/N-ethyl adjacent to an activating group) is 1. The highest BCUT2D eigenvalue weighted by Crippen LogP contribution is 2.33. The molecule has 0 spiro atoms. The Bertz CT molecular complexity index is 1480. The lowest BCUT2D eigenvalue weighted by molar-refractivity contribution is -0.621. The predicted octanol–water partition coefficient (Wildman–Crippen LogP) is 4.16. The van der Waals surface area contributed by atoms with E-state index in [9.17, 15) is 24.4 Å². The quantitative estimate of drug-likeness (QED) is 0.134. The van der Waals surface area contributed by atoms with Crippen LogP contribution in [-0.2, 0) is 41.4 Å². The SMILES string of the molecule is C=CCOC(=O)N[C@@H](COC)C(=O)N(C)[C@@]1(Cc2ccc(Cl)cc2)CCCN(C(=O)[C@@H](CC(=O)OC(C)(C)C)Cc2cccc(C)[n+]2[O-])C1. The van der Waals surface area contributed by atoms with Crippen molar-refractivity contribution in [2.75, 3.05) is 40.5 Å². The standard InChI is InChI=1S/C36H49ClN4O8/c1-8-19-48-34(45)38-30(23-47-7)33(44)39(6)36(22-26-13-15-28(37)16-14-26)17-10-18-40(24-36)32(43)27(21-31(42)49-35(3,4)5)20-29-12-9-11-25(2)41(29)46/h8-9,11-16,27,30H,1,10,17-24H2,2-7H3,(H,38,45)/t27-,30+,36-/m1/s1. The van der Waals surface area contributed by atoms with Gasteiger partial charge in [-0.1, -0.05) is 36.4 Å². The third kappa shape index (κ3) is 11.2. The highest BCUT2D eigenvalue weighted by molar-refractivity contribution is 6.30. The molecule has 3 amide bonds. The first-order valence-electron chi connectivity index (χ1n) is 16.3. The first-order chi connectivity index (χ1) is 23.1. The van der Waals surface area contributed by atoms with Crippen LogP contribution < -0.4 is 10.0 Å². The van der Waals surface area contributed by atoms with Gasteiger partial charge in [0.2, 0.25) is 11.8 Å². The fourth-order valence-electron chi connectivity index (χ4n) is 6.10. The number of hydrogen-bond donors (Lipinski definition) is 1. The smallest absolute Gasteiger partial charge is 0.408 e. The maximum Gasteiger partial charge on any atom is 0.408 e. The number of halogens is 1. The zero-order chi connectivity index (χ0) is 36.4. The molecule has 1 aromatic carbocycles. The molecule has 12 nitrogen and oxygen atoms in total. The number of alkyl carbamates (subject to hydrolysis) is 1. The second-order valence-corrected chi connectivity index (χ2v) is 13.9. The number of aromatic nitrogens is 1. The van der Waals surface area contributed by atoms with Gasteiger partial charge in [-0.25, -0.2) is 4.79 Å². The predicted molar refractivity (Wildman–Crippen MR) is 185 cm³/mol. The first-order valence-corrected chi connectivity index (χ1v) is 16.7. The number of hydrogen-bond acceptors (Lipinski definition) is 8. The third-order valence-corrected chi connectivity index (χ3v) is 8.71. The molecule has 0 unspecified atom stereocenters. The molecule has 3 rings (SSSR count). The lowest BCUT2D eigenvalue weighted by Gasteiger charge is -2.49. The molecule has 0 radical (unpaired) electrons. The van der Waals surface area contributed by atoms with E-state index in [4.69, 9.17) is 25.8 Å². The van der Waals surface area contributed by atoms with E-state index in [2.05, 4.69) is 11.9 Å². The van der Waals surface area contributed by atoms with Crippen molar-refractivity contribution >= 4 is 35.5 Å². The third-order valence-electron chi connectivity index (χ3n) is 8.46. The Morgan fingerprint density at radius 3 is 2.51 bits per heavy atom. The first kappa shape index (κ1) is 39.3. The summed E-state index contributed by atoms with van der Waals surface area (Å²) < 4.78 is 16.7. The van der Waals surface area contributed by atoms with Crippen molar-refractivity contribution < 1.29 is 38.1 Å². The molecule has 268 valence electrons. The molecule has 0 bridgehead atoms. The largest absolute Gasteiger partial charge is 0.618 e. The molecule has 1 N–H and O–H groups in total. The lowest BCUT2D eigenvalue weighted by Crippen LogP contribution is -2.65. The van der Waals surface area contributed by atoms with Crippen LogP contribution in [0.1, 0.15) is 57.0 Å². The maximum atomic E-state index is 14.4. The number of methoxy groups -OCH3 is 1. The zero-order valence-corrected chi connectivity index (χ0v) is 30.1. The molecule has 1 saturated heterocycles. The van der Waals surface area contributed by atoms with Gasteiger partial charge < -0.3 is 34.5 Å². The number of carbonyl (C=O) groups is 4. The molecule has 2 aromatic rings. The number of pyridine rings is 1. The fourth-order valence-corrected chi connectivity index (χ4v) is 6.23. The van der Waals surface area contributed by atoms with Crippen LogP contribution in [0.4, 0.5) is 4.79 Å². The summed E-state index contributed by atoms with van der Waals surface area (Å²) in [4.78, 5) is 57.3. The highest BCUT2D eigenvalue weighted by atomic mass is 35.5. The fraction of sp³-hybridized carbons (Fsp3) is 0.528. The Morgan fingerprint density at radius 2 is 1.88 bits per heavy atom. The second-order valence-electron chi connectivity index (χ2n) is 13.5. The number of nitrogens with zero attached hydrogens (tertiary/aromatic N) is 3. The number of piperidine rings is 1. The van der Waals surface area contributed by atoms with E-state index in [0.29, 0.717) is 42.2 Å². The van der Waals surface area contributed by atoms with E-state index in [1.807, 2.05) is 12.1 Å². The van der Waals surface area contributed by atoms with Crippen molar-refractivity contribution in [3.63, 3.8) is 0 Å². The van der Waals surface area contributed by atoms with E-state index in [1.165, 1.54) is 13.2 Å². The Morgan fingerprint density at radius 1 is 1.18 bits per heavy atom. The number of carbonyl (C=O) groups excluding carboxylic acids is 4. The molecular formula is C36H49ClN4O8. The van der Waals surface area contributed by atoms with E-state index in [-0.39, 0.29) is 38.5 Å². The molecule has 1 fully saturated rings. The van der Waals surface area contributed by atoms with Crippen molar-refractivity contribution in [3.8, 4) is 0 Å². The van der Waals surface area contributed by atoms with E-state index < -0.39 is 41.1 Å². The summed E-state index contributed by atoms with van der Waals surface area (Å²) in [5, 5.41) is 16.1. The van der Waals surface area contributed by atoms with Crippen LogP contribution in [0.2, 0.25) is 5.02 Å². The van der Waals surface area contributed by atoms with Crippen LogP contribution in [0.15, 0.2) is 55.1 Å². The number of likely N-dealkylation sites (tertiary alicyclic amines) is 1. The van der Waals surface area contributed by atoms with Crippen molar-refractivity contribution in [1.82, 2.24) is 15.1 Å². The van der Waals surface area contributed by atoms with Gasteiger partial charge in [0.1, 0.15) is 18.2 Å². The van der Waals surface area contributed by atoms with E-state index in [0.717, 1.165) is 10.3 Å². The summed E-state index contributed by atoms with van der Waals surface area (Å²) in [7, 11) is 3.07. The summed E-state index contributed by atoms with van der Waals surface area (Å²) in [6.07, 6.45) is 1.86. The summed E-state index contributed by atoms with van der Waals surface area (Å²) in [5.74, 6) is -2.21. The number of rotatable bonds is 14. The Balaban J connectivity index is 2.00. The molecule has 0 saturated carbocycles. The molecule has 1 aliphatic rings. The molecule has 3 atom stereocenters. The monoisotopic (exact) mass is 700 g/mol. The van der Waals surface area contributed by atoms with Gasteiger partial charge in [0.15, 0.2) is 11.4 Å². The summed E-state index contributed by atoms with van der Waals surface area (Å²) >= 11 is 6.18. The zero-order valence-electron chi connectivity index (χ0n) is 29.3. The van der Waals surface area contributed by atoms with Crippen molar-refractivity contribution in [1.29, 1.82) is 0 Å². The molecule has 13 heteroatoms. The van der Waals surface area contributed by atoms with Gasteiger partial charge in [0.05, 0.1) is 24.5 Å². The average molecular weight is 701 g/mol. The van der Waals surface area contributed by atoms with Gasteiger partial charge >= 0.3 is 12.1 Å². The molecule has 0 aliphatic carbocycles. The van der Waals surface area contributed by atoms with Gasteiger partial charge in [-0.05, 0) is 63.8 Å². The number of amides is 3. The maximum absolute atomic E-state index is 14.4. The van der Waals surface area contributed by atoms with Crippen molar-refractivity contribution in [2.45, 2.75) is 77.0 Å². The van der Waals surface area contributed by atoms with Gasteiger partial charge in [-0.2, -0.15) is 4.73 Å². The number of esters is 1. The molecular weight excluding hydrogens is 652 g/mol. The normalized spacial score (nSPS) is 17.4. The van der Waals surface area contributed by atoms with Gasteiger partial charge in [-0.15, -0.1) is 0 Å². The van der Waals surface area contributed by atoms with Gasteiger partial charge in [-0.3, -0.25) is 14.4 Å². The van der Waals surface area contributed by atoms with Gasteiger partial charge in [0.25, 0.3) is 0 Å². The topological polar surface area (TPSA) is 141 Å². The van der Waals surface area contributed by atoms with E-state index >= 15 is 0 Å². The Kier molecular flexibility index (Phi) is 14.0. The Hall–Kier alpha value is -4.16. The number of nitrogens with one attached hydrogen (secondary N) is 1. The van der Waals surface area contributed by atoms with Gasteiger partial charge in [0, 0.05) is 57.7 Å². The second kappa shape index (κ2) is 17.5. The van der Waals surface area contributed by atoms with Crippen LogP contribution in [0, 0.1) is 18.0 Å². The summed E-state index contributed by atoms with van der Waals surface area (Å²) in [6.45, 7) is 10.8. The highest BCUT2D eigenvalue weighted by Gasteiger charge is 2.45. The summed E-state index contributed by atoms with van der Waals surface area (Å²) in [6, 6.07) is 11.3. The summed E-state index contributed by atoms with van der Waals surface area (Å²) in [5.41, 5.74) is 0.0243. The minimum absolute atomic E-state index is 0.0192. The van der Waals surface area contributed by atoms with E-state index in [1.54, 1.807) is 74.9 Å². The van der Waals surface area contributed by atoms with Crippen molar-refractivity contribution in [3.05, 3.63) is 82.3 Å². The van der Waals surface area contributed by atoms with Crippen LogP contribution in [0.3, 0.4) is 0 Å². The minimum Gasteiger partial charge on any atom is -0.618 e. The average Bonchev–Trinajstić information content (AvgIpc) is 3.04. The Labute approximate surface area is 293 Å². The molecule has 49 heavy (non-hydrogen) atoms.